The average Bonchev–Trinajstić information content (AvgIpc) is 2.72. The van der Waals surface area contributed by atoms with E-state index in [0.717, 1.165) is 22.3 Å². The van der Waals surface area contributed by atoms with Gasteiger partial charge in [-0.1, -0.05) is 84.9 Å². The lowest BCUT2D eigenvalue weighted by Crippen LogP contribution is -1.92. The molecule has 0 aromatic heterocycles. The molecule has 27 heavy (non-hydrogen) atoms. The molecule has 0 amide bonds. The molecule has 0 atom stereocenters. The van der Waals surface area contributed by atoms with E-state index in [1.54, 1.807) is 24.3 Å². The Morgan fingerprint density at radius 1 is 0.444 bits per heavy atom. The fraction of sp³-hybridized carbons (Fsp3) is 0. The molecule has 0 saturated carbocycles. The summed E-state index contributed by atoms with van der Waals surface area (Å²) in [6.07, 6.45) is 0. The van der Waals surface area contributed by atoms with Crippen LogP contribution >= 0.6 is 0 Å². The summed E-state index contributed by atoms with van der Waals surface area (Å²) in [5.74, 6) is 0.641. The minimum atomic E-state index is 0.0126. The van der Waals surface area contributed by atoms with Gasteiger partial charge in [-0.3, -0.25) is 0 Å². The van der Waals surface area contributed by atoms with Gasteiger partial charge in [0, 0.05) is 11.1 Å². The number of ether oxygens (including phenoxy) is 1. The Kier molecular flexibility index (Phi) is 4.50. The fourth-order valence-electron chi connectivity index (χ4n) is 3.06. The molecule has 0 unspecified atom stereocenters. The zero-order valence-corrected chi connectivity index (χ0v) is 14.5. The average molecular weight is 354 g/mol. The highest BCUT2D eigenvalue weighted by atomic mass is 16.5. The van der Waals surface area contributed by atoms with Crippen LogP contribution in [-0.2, 0) is 0 Å². The van der Waals surface area contributed by atoms with Gasteiger partial charge in [-0.15, -0.1) is 0 Å². The van der Waals surface area contributed by atoms with Crippen molar-refractivity contribution in [2.75, 3.05) is 0 Å². The highest BCUT2D eigenvalue weighted by molar-refractivity contribution is 5.78. The number of para-hydroxylation sites is 2. The molecule has 0 aliphatic carbocycles. The summed E-state index contributed by atoms with van der Waals surface area (Å²) in [4.78, 5) is 0. The van der Waals surface area contributed by atoms with E-state index in [4.69, 9.17) is 4.74 Å². The molecule has 0 radical (unpaired) electrons. The molecule has 3 heteroatoms. The summed E-state index contributed by atoms with van der Waals surface area (Å²) in [5, 5.41) is 20.9. The Morgan fingerprint density at radius 3 is 1.26 bits per heavy atom. The lowest BCUT2D eigenvalue weighted by Gasteiger charge is -2.17. The number of phenolic OH excluding ortho intramolecular Hbond substituents is 2. The normalized spacial score (nSPS) is 10.5. The molecule has 0 aliphatic rings. The molecular weight excluding hydrogens is 336 g/mol. The first-order valence-corrected chi connectivity index (χ1v) is 8.66. The molecular formula is C24H18O3. The maximum atomic E-state index is 10.5. The van der Waals surface area contributed by atoms with E-state index in [1.807, 2.05) is 72.8 Å². The van der Waals surface area contributed by atoms with Gasteiger partial charge >= 0.3 is 0 Å². The highest BCUT2D eigenvalue weighted by Crippen LogP contribution is 2.45. The van der Waals surface area contributed by atoms with Crippen molar-refractivity contribution in [3.63, 3.8) is 0 Å². The van der Waals surface area contributed by atoms with Crippen LogP contribution < -0.4 is 4.74 Å². The minimum absolute atomic E-state index is 0.0126. The molecule has 132 valence electrons. The van der Waals surface area contributed by atoms with E-state index in [9.17, 15) is 10.2 Å². The SMILES string of the molecule is Oc1cccc(-c2ccccc2)c1Oc1c(O)cccc1-c1ccccc1. The summed E-state index contributed by atoms with van der Waals surface area (Å²) >= 11 is 0. The van der Waals surface area contributed by atoms with Crippen LogP contribution in [0.25, 0.3) is 22.3 Å². The smallest absolute Gasteiger partial charge is 0.177 e. The van der Waals surface area contributed by atoms with Gasteiger partial charge in [0.05, 0.1) is 0 Å². The number of hydrogen-bond donors (Lipinski definition) is 2. The number of benzene rings is 4. The van der Waals surface area contributed by atoms with E-state index in [0.29, 0.717) is 11.5 Å². The monoisotopic (exact) mass is 354 g/mol. The summed E-state index contributed by atoms with van der Waals surface area (Å²) in [7, 11) is 0. The first-order valence-electron chi connectivity index (χ1n) is 8.66. The van der Waals surface area contributed by atoms with Crippen molar-refractivity contribution in [2.45, 2.75) is 0 Å². The number of aromatic hydroxyl groups is 2. The van der Waals surface area contributed by atoms with Crippen LogP contribution in [0, 0.1) is 0 Å². The van der Waals surface area contributed by atoms with Crippen LogP contribution in [0.5, 0.6) is 23.0 Å². The second-order valence-corrected chi connectivity index (χ2v) is 6.14. The number of hydrogen-bond acceptors (Lipinski definition) is 3. The maximum absolute atomic E-state index is 10.5. The van der Waals surface area contributed by atoms with E-state index in [1.165, 1.54) is 0 Å². The van der Waals surface area contributed by atoms with Gasteiger partial charge in [-0.05, 0) is 23.3 Å². The number of rotatable bonds is 4. The predicted molar refractivity (Wildman–Crippen MR) is 107 cm³/mol. The Balaban J connectivity index is 1.85. The van der Waals surface area contributed by atoms with Gasteiger partial charge in [0.15, 0.2) is 23.0 Å². The summed E-state index contributed by atoms with van der Waals surface area (Å²) < 4.78 is 6.11. The Bertz CT molecular complexity index is 970. The molecule has 4 rings (SSSR count). The van der Waals surface area contributed by atoms with Crippen molar-refractivity contribution in [2.24, 2.45) is 0 Å². The predicted octanol–water partition coefficient (Wildman–Crippen LogP) is 6.22. The third-order valence-corrected chi connectivity index (χ3v) is 4.36. The standard InChI is InChI=1S/C24H18O3/c25-21-15-7-13-19(17-9-3-1-4-10-17)23(21)27-24-20(14-8-16-22(24)26)18-11-5-2-6-12-18/h1-16,25-26H. The molecule has 0 saturated heterocycles. The summed E-state index contributed by atoms with van der Waals surface area (Å²) in [5.41, 5.74) is 3.33. The second kappa shape index (κ2) is 7.26. The van der Waals surface area contributed by atoms with Crippen molar-refractivity contribution >= 4 is 0 Å². The van der Waals surface area contributed by atoms with Crippen molar-refractivity contribution in [3.05, 3.63) is 97.1 Å². The van der Waals surface area contributed by atoms with Gasteiger partial charge in [0.1, 0.15) is 0 Å². The van der Waals surface area contributed by atoms with E-state index >= 15 is 0 Å². The number of phenols is 2. The zero-order chi connectivity index (χ0) is 18.6. The third kappa shape index (κ3) is 3.35. The van der Waals surface area contributed by atoms with Crippen molar-refractivity contribution in [3.8, 4) is 45.3 Å². The van der Waals surface area contributed by atoms with E-state index in [2.05, 4.69) is 0 Å². The molecule has 3 nitrogen and oxygen atoms in total. The van der Waals surface area contributed by atoms with Crippen LogP contribution in [0.15, 0.2) is 97.1 Å². The highest BCUT2D eigenvalue weighted by Gasteiger charge is 2.17. The molecule has 0 aliphatic heterocycles. The van der Waals surface area contributed by atoms with Crippen LogP contribution in [-0.4, -0.2) is 10.2 Å². The third-order valence-electron chi connectivity index (χ3n) is 4.36. The van der Waals surface area contributed by atoms with Gasteiger partial charge in [0.25, 0.3) is 0 Å². The molecule has 2 N–H and O–H groups in total. The first-order chi connectivity index (χ1) is 13.2. The Hall–Kier alpha value is -3.72. The Labute approximate surface area is 157 Å². The second-order valence-electron chi connectivity index (χ2n) is 6.14. The van der Waals surface area contributed by atoms with Gasteiger partial charge in [0.2, 0.25) is 0 Å². The van der Waals surface area contributed by atoms with E-state index < -0.39 is 0 Å². The van der Waals surface area contributed by atoms with Gasteiger partial charge in [-0.2, -0.15) is 0 Å². The van der Waals surface area contributed by atoms with Crippen LogP contribution in [0.1, 0.15) is 0 Å². The lowest BCUT2D eigenvalue weighted by molar-refractivity contribution is 0.387. The maximum Gasteiger partial charge on any atom is 0.177 e. The van der Waals surface area contributed by atoms with Gasteiger partial charge < -0.3 is 14.9 Å². The lowest BCUT2D eigenvalue weighted by atomic mass is 10.0. The van der Waals surface area contributed by atoms with Gasteiger partial charge in [-0.25, -0.2) is 0 Å². The minimum Gasteiger partial charge on any atom is -0.504 e. The molecule has 0 bridgehead atoms. The van der Waals surface area contributed by atoms with Crippen LogP contribution in [0.3, 0.4) is 0 Å². The molecule has 0 spiro atoms. The summed E-state index contributed by atoms with van der Waals surface area (Å²) in [6.45, 7) is 0. The quantitative estimate of drug-likeness (QED) is 0.457. The van der Waals surface area contributed by atoms with Crippen molar-refractivity contribution in [1.82, 2.24) is 0 Å². The molecule has 4 aromatic rings. The molecule has 4 aromatic carbocycles. The molecule has 0 heterocycles. The fourth-order valence-corrected chi connectivity index (χ4v) is 3.06. The van der Waals surface area contributed by atoms with Crippen molar-refractivity contribution < 1.29 is 14.9 Å². The molecule has 0 fully saturated rings. The largest absolute Gasteiger partial charge is 0.504 e. The summed E-state index contributed by atoms with van der Waals surface area (Å²) in [6, 6.07) is 29.8. The van der Waals surface area contributed by atoms with Crippen molar-refractivity contribution in [1.29, 1.82) is 0 Å². The Morgan fingerprint density at radius 2 is 0.852 bits per heavy atom. The zero-order valence-electron chi connectivity index (χ0n) is 14.5. The van der Waals surface area contributed by atoms with E-state index in [-0.39, 0.29) is 11.5 Å². The van der Waals surface area contributed by atoms with Crippen LogP contribution in [0.2, 0.25) is 0 Å². The first kappa shape index (κ1) is 16.7. The topological polar surface area (TPSA) is 49.7 Å². The van der Waals surface area contributed by atoms with Crippen LogP contribution in [0.4, 0.5) is 0 Å².